The predicted molar refractivity (Wildman–Crippen MR) is 143 cm³/mol. The lowest BCUT2D eigenvalue weighted by Crippen LogP contribution is -2.43. The van der Waals surface area contributed by atoms with Gasteiger partial charge in [-0.15, -0.1) is 0 Å². The van der Waals surface area contributed by atoms with Crippen LogP contribution in [0.2, 0.25) is 0 Å². The molecule has 0 unspecified atom stereocenters. The molecule has 3 aromatic carbocycles. The normalized spacial score (nSPS) is 14.4. The molecule has 2 amide bonds. The van der Waals surface area contributed by atoms with Crippen molar-refractivity contribution in [2.75, 3.05) is 20.8 Å². The maximum absolute atomic E-state index is 13.8. The molecule has 3 aromatic rings. The zero-order chi connectivity index (χ0) is 27.9. The van der Waals surface area contributed by atoms with Gasteiger partial charge in [0, 0.05) is 17.7 Å². The summed E-state index contributed by atoms with van der Waals surface area (Å²) in [6, 6.07) is 20.7. The number of carbonyl (C=O) groups is 2. The van der Waals surface area contributed by atoms with Crippen molar-refractivity contribution in [3.63, 3.8) is 0 Å². The molecule has 1 aliphatic heterocycles. The predicted octanol–water partition coefficient (Wildman–Crippen LogP) is 5.26. The highest BCUT2D eigenvalue weighted by atomic mass is 19.1. The summed E-state index contributed by atoms with van der Waals surface area (Å²) >= 11 is 0. The second-order valence-electron chi connectivity index (χ2n) is 8.82. The van der Waals surface area contributed by atoms with E-state index in [1.54, 1.807) is 74.7 Å². The third kappa shape index (κ3) is 5.99. The summed E-state index contributed by atoms with van der Waals surface area (Å²) in [6.07, 6.45) is 2.02. The Balaban J connectivity index is 1.52. The van der Waals surface area contributed by atoms with Gasteiger partial charge in [0.25, 0.3) is 11.8 Å². The van der Waals surface area contributed by atoms with Gasteiger partial charge in [-0.05, 0) is 66.5 Å². The lowest BCUT2D eigenvalue weighted by atomic mass is 9.93. The van der Waals surface area contributed by atoms with Crippen LogP contribution in [0.3, 0.4) is 0 Å². The Morgan fingerprint density at radius 2 is 1.67 bits per heavy atom. The number of hydrogen-bond acceptors (Lipinski definition) is 6. The molecule has 0 radical (unpaired) electrons. The quantitative estimate of drug-likeness (QED) is 0.279. The summed E-state index contributed by atoms with van der Waals surface area (Å²) in [4.78, 5) is 27.5. The summed E-state index contributed by atoms with van der Waals surface area (Å²) in [6.45, 7) is 1.76. The van der Waals surface area contributed by atoms with E-state index in [2.05, 4.69) is 0 Å². The van der Waals surface area contributed by atoms with E-state index in [1.807, 2.05) is 12.1 Å². The molecule has 0 saturated heterocycles. The van der Waals surface area contributed by atoms with Crippen LogP contribution in [0.1, 0.15) is 23.6 Å². The number of nitrogens with zero attached hydrogens (tertiary/aromatic N) is 2. The van der Waals surface area contributed by atoms with Gasteiger partial charge in [-0.3, -0.25) is 14.5 Å². The van der Waals surface area contributed by atoms with Gasteiger partial charge in [0.1, 0.15) is 29.8 Å². The number of nitriles is 1. The molecule has 7 nitrogen and oxygen atoms in total. The number of imide groups is 1. The maximum atomic E-state index is 13.8. The van der Waals surface area contributed by atoms with E-state index in [0.717, 1.165) is 10.5 Å². The highest BCUT2D eigenvalue weighted by molar-refractivity contribution is 6.19. The number of ether oxygens (including phenoxy) is 3. The fourth-order valence-corrected chi connectivity index (χ4v) is 4.21. The highest BCUT2D eigenvalue weighted by Crippen LogP contribution is 2.30. The van der Waals surface area contributed by atoms with Crippen LogP contribution in [0, 0.1) is 17.1 Å². The number of halogens is 1. The molecule has 8 heteroatoms. The fraction of sp³-hybridized carbons (Fsp3) is 0.194. The second kappa shape index (κ2) is 12.1. The molecule has 39 heavy (non-hydrogen) atoms. The van der Waals surface area contributed by atoms with E-state index < -0.39 is 11.8 Å². The summed E-state index contributed by atoms with van der Waals surface area (Å²) in [5.41, 5.74) is 2.49. The van der Waals surface area contributed by atoms with E-state index in [9.17, 15) is 19.2 Å². The monoisotopic (exact) mass is 526 g/mol. The average molecular weight is 527 g/mol. The van der Waals surface area contributed by atoms with E-state index >= 15 is 0 Å². The Kier molecular flexibility index (Phi) is 8.42. The molecule has 198 valence electrons. The molecule has 1 aliphatic rings. The van der Waals surface area contributed by atoms with Crippen molar-refractivity contribution < 1.29 is 28.2 Å². The van der Waals surface area contributed by atoms with Crippen LogP contribution >= 0.6 is 0 Å². The van der Waals surface area contributed by atoms with Crippen LogP contribution in [-0.2, 0) is 22.6 Å². The standard InChI is InChI=1S/C31H27FN2O5/c1-20-25(16-21-8-11-24(12-9-21)39-19-23-6-4-5-7-27(23)32)30(35)34(31(36)26(20)18-33)15-14-22-10-13-28(37-2)29(17-22)38-3/h4-13,16-17H,14-15,19H2,1-3H3/b25-16+. The first kappa shape index (κ1) is 27.1. The SMILES string of the molecule is COc1ccc(CCN2C(=O)C(C#N)=C(C)/C(=C\c3ccc(OCc4ccccc4F)cc3)C2=O)cc1OC. The molecular weight excluding hydrogens is 499 g/mol. The lowest BCUT2D eigenvalue weighted by molar-refractivity contribution is -0.140. The summed E-state index contributed by atoms with van der Waals surface area (Å²) in [5, 5.41) is 9.67. The van der Waals surface area contributed by atoms with Gasteiger partial charge in [-0.1, -0.05) is 36.4 Å². The Morgan fingerprint density at radius 1 is 0.949 bits per heavy atom. The number of carbonyl (C=O) groups excluding carboxylic acids is 2. The third-order valence-corrected chi connectivity index (χ3v) is 6.44. The molecule has 0 aliphatic carbocycles. The number of rotatable bonds is 9. The van der Waals surface area contributed by atoms with Gasteiger partial charge in [0.2, 0.25) is 0 Å². The molecule has 0 spiro atoms. The van der Waals surface area contributed by atoms with Crippen LogP contribution in [-0.4, -0.2) is 37.5 Å². The molecule has 4 rings (SSSR count). The minimum atomic E-state index is -0.616. The number of amides is 2. The average Bonchev–Trinajstić information content (AvgIpc) is 2.95. The van der Waals surface area contributed by atoms with Gasteiger partial charge < -0.3 is 14.2 Å². The largest absolute Gasteiger partial charge is 0.493 e. The van der Waals surface area contributed by atoms with Gasteiger partial charge in [-0.2, -0.15) is 5.26 Å². The molecule has 1 heterocycles. The Bertz CT molecular complexity index is 1500. The summed E-state index contributed by atoms with van der Waals surface area (Å²) in [5.74, 6) is 0.223. The fourth-order valence-electron chi connectivity index (χ4n) is 4.21. The molecule has 0 fully saturated rings. The van der Waals surface area contributed by atoms with Crippen molar-refractivity contribution in [2.24, 2.45) is 0 Å². The summed E-state index contributed by atoms with van der Waals surface area (Å²) < 4.78 is 30.1. The van der Waals surface area contributed by atoms with Crippen LogP contribution in [0.15, 0.2) is 83.4 Å². The zero-order valence-corrected chi connectivity index (χ0v) is 21.9. The van der Waals surface area contributed by atoms with Crippen molar-refractivity contribution >= 4 is 17.9 Å². The number of hydrogen-bond donors (Lipinski definition) is 0. The highest BCUT2D eigenvalue weighted by Gasteiger charge is 2.35. The van der Waals surface area contributed by atoms with Crippen LogP contribution in [0.25, 0.3) is 6.08 Å². The van der Waals surface area contributed by atoms with Crippen molar-refractivity contribution in [1.82, 2.24) is 4.90 Å². The Hall–Kier alpha value is -4.90. The van der Waals surface area contributed by atoms with E-state index in [1.165, 1.54) is 13.2 Å². The van der Waals surface area contributed by atoms with Crippen molar-refractivity contribution in [2.45, 2.75) is 20.0 Å². The van der Waals surface area contributed by atoms with E-state index in [0.29, 0.717) is 40.4 Å². The lowest BCUT2D eigenvalue weighted by Gasteiger charge is -2.27. The van der Waals surface area contributed by atoms with Gasteiger partial charge in [0.15, 0.2) is 11.5 Å². The van der Waals surface area contributed by atoms with Gasteiger partial charge in [-0.25, -0.2) is 4.39 Å². The molecule has 0 aromatic heterocycles. The first-order valence-electron chi connectivity index (χ1n) is 12.2. The van der Waals surface area contributed by atoms with Gasteiger partial charge >= 0.3 is 0 Å². The van der Waals surface area contributed by atoms with E-state index in [4.69, 9.17) is 14.2 Å². The zero-order valence-electron chi connectivity index (χ0n) is 21.9. The van der Waals surface area contributed by atoms with Crippen LogP contribution in [0.4, 0.5) is 4.39 Å². The smallest absolute Gasteiger partial charge is 0.271 e. The minimum Gasteiger partial charge on any atom is -0.493 e. The number of methoxy groups -OCH3 is 2. The van der Waals surface area contributed by atoms with Crippen molar-refractivity contribution in [1.29, 1.82) is 5.26 Å². The summed E-state index contributed by atoms with van der Waals surface area (Å²) in [7, 11) is 3.08. The van der Waals surface area contributed by atoms with Crippen molar-refractivity contribution in [3.8, 4) is 23.3 Å². The van der Waals surface area contributed by atoms with Crippen molar-refractivity contribution in [3.05, 3.63) is 106 Å². The number of benzene rings is 3. The first-order valence-corrected chi connectivity index (χ1v) is 12.2. The topological polar surface area (TPSA) is 88.9 Å². The second-order valence-corrected chi connectivity index (χ2v) is 8.82. The van der Waals surface area contributed by atoms with Crippen LogP contribution < -0.4 is 14.2 Å². The van der Waals surface area contributed by atoms with Crippen LogP contribution in [0.5, 0.6) is 17.2 Å². The molecule has 0 N–H and O–H groups in total. The molecule has 0 bridgehead atoms. The maximum Gasteiger partial charge on any atom is 0.271 e. The molecule has 0 saturated carbocycles. The van der Waals surface area contributed by atoms with Gasteiger partial charge in [0.05, 0.1) is 14.2 Å². The first-order chi connectivity index (χ1) is 18.9. The molecule has 0 atom stereocenters. The van der Waals surface area contributed by atoms with E-state index in [-0.39, 0.29) is 30.1 Å². The Morgan fingerprint density at radius 3 is 2.33 bits per heavy atom. The Labute approximate surface area is 226 Å². The minimum absolute atomic E-state index is 0.0713. The third-order valence-electron chi connectivity index (χ3n) is 6.44. The molecular formula is C31H27FN2O5.